The monoisotopic (exact) mass is 721 g/mol. The molecule has 0 aliphatic heterocycles. The lowest BCUT2D eigenvalue weighted by Gasteiger charge is -2.25. The van der Waals surface area contributed by atoms with Gasteiger partial charge in [0.15, 0.2) is 0 Å². The maximum Gasteiger partial charge on any atom is 0.136 e. The predicted molar refractivity (Wildman–Crippen MR) is 234 cm³/mol. The lowest BCUT2D eigenvalue weighted by molar-refractivity contribution is 0.608. The van der Waals surface area contributed by atoms with E-state index >= 15 is 0 Å². The second-order valence-corrected chi connectivity index (χ2v) is 16.3. The van der Waals surface area contributed by atoms with E-state index in [9.17, 15) is 0 Å². The lowest BCUT2D eigenvalue weighted by Crippen LogP contribution is -2.35. The van der Waals surface area contributed by atoms with Gasteiger partial charge in [-0.2, -0.15) is 0 Å². The predicted octanol–water partition coefficient (Wildman–Crippen LogP) is 11.8. The zero-order chi connectivity index (χ0) is 37.4. The summed E-state index contributed by atoms with van der Waals surface area (Å²) in [6.07, 6.45) is 21.5. The Labute approximate surface area is 328 Å². The van der Waals surface area contributed by atoms with Crippen LogP contribution in [0.4, 0.5) is 0 Å². The van der Waals surface area contributed by atoms with Crippen molar-refractivity contribution in [2.75, 3.05) is 0 Å². The zero-order valence-electron chi connectivity index (χ0n) is 32.0. The summed E-state index contributed by atoms with van der Waals surface area (Å²) in [4.78, 5) is 10.5. The summed E-state index contributed by atoms with van der Waals surface area (Å²) in [7, 11) is 0. The van der Waals surface area contributed by atoms with E-state index in [2.05, 4.69) is 176 Å². The first kappa shape index (κ1) is 33.1. The van der Waals surface area contributed by atoms with Crippen LogP contribution >= 0.6 is 0 Å². The fraction of sp³-hybridized carbons (Fsp3) is 0.170. The zero-order valence-corrected chi connectivity index (χ0v) is 32.0. The van der Waals surface area contributed by atoms with E-state index in [1.54, 1.807) is 5.57 Å². The van der Waals surface area contributed by atoms with E-state index in [0.29, 0.717) is 0 Å². The standard InChI is InChI=1S/C53H43N3/c1-53(2)46-19-11-9-17-41(46)43-32-45-44-31-39(29-30-49(44)56(50(45)33-47(43)53)40-15-7-4-8-16-40)36-23-27-38(28-24-36)52-54-48-20-12-10-18-42(48)51(55-52)37-25-21-35(22-26-37)34-13-5-3-6-14-34/h3-9,13-18,20-27,29-33,38H,10-12,19,28H2,1-2H3. The summed E-state index contributed by atoms with van der Waals surface area (Å²) in [5.74, 6) is 1.01. The molecule has 0 spiro atoms. The molecule has 0 N–H and O–H groups in total. The Bertz CT molecular complexity index is 2990. The van der Waals surface area contributed by atoms with Crippen LogP contribution in [-0.2, 0) is 5.41 Å². The van der Waals surface area contributed by atoms with Crippen molar-refractivity contribution in [3.05, 3.63) is 184 Å². The van der Waals surface area contributed by atoms with Gasteiger partial charge in [-0.25, -0.2) is 9.97 Å². The number of benzene rings is 5. The Morgan fingerprint density at radius 2 is 1.38 bits per heavy atom. The van der Waals surface area contributed by atoms with Gasteiger partial charge >= 0.3 is 0 Å². The highest BCUT2D eigenvalue weighted by molar-refractivity contribution is 6.12. The third-order valence-electron chi connectivity index (χ3n) is 12.7. The van der Waals surface area contributed by atoms with Gasteiger partial charge < -0.3 is 4.57 Å². The van der Waals surface area contributed by atoms with Gasteiger partial charge in [0.05, 0.1) is 22.1 Å². The molecular formula is C53H43N3. The minimum atomic E-state index is 0.0206. The molecule has 270 valence electrons. The normalized spacial score (nSPS) is 18.0. The molecule has 1 atom stereocenters. The smallest absolute Gasteiger partial charge is 0.136 e. The molecule has 3 heteroatoms. The number of allylic oxidation sites excluding steroid dienone is 8. The Balaban J connectivity index is 0.967. The van der Waals surface area contributed by atoms with E-state index in [1.165, 1.54) is 66.5 Å². The molecule has 7 aromatic rings. The maximum atomic E-state index is 5.30. The molecule has 11 rings (SSSR count). The molecule has 3 nitrogen and oxygen atoms in total. The van der Waals surface area contributed by atoms with Crippen LogP contribution < -0.4 is 10.6 Å². The van der Waals surface area contributed by atoms with Crippen molar-refractivity contribution in [1.82, 2.24) is 14.5 Å². The third-order valence-corrected chi connectivity index (χ3v) is 12.7. The van der Waals surface area contributed by atoms with Crippen LogP contribution in [0.3, 0.4) is 0 Å². The van der Waals surface area contributed by atoms with Gasteiger partial charge in [-0.15, -0.1) is 0 Å². The van der Waals surface area contributed by atoms with Gasteiger partial charge in [0.2, 0.25) is 0 Å². The van der Waals surface area contributed by atoms with Gasteiger partial charge in [-0.1, -0.05) is 141 Å². The van der Waals surface area contributed by atoms with E-state index in [1.807, 2.05) is 0 Å². The van der Waals surface area contributed by atoms with Crippen molar-refractivity contribution in [3.63, 3.8) is 0 Å². The third kappa shape index (κ3) is 5.25. The number of aromatic nitrogens is 3. The fourth-order valence-corrected chi connectivity index (χ4v) is 9.74. The number of hydrogen-bond donors (Lipinski definition) is 0. The SMILES string of the molecule is CC1(C)C2=C(C=CCC2)c2cc3c4cc(C5=CCC(c6nc(-c7ccc(-c8ccccc8)cc7)c7c(n6)=CCCC=7)C=C5)ccc4n(-c4ccccc4)c3cc21. The Morgan fingerprint density at radius 1 is 0.643 bits per heavy atom. The van der Waals surface area contributed by atoms with Gasteiger partial charge in [-0.3, -0.25) is 0 Å². The van der Waals surface area contributed by atoms with Crippen LogP contribution in [0.15, 0.2) is 151 Å². The molecule has 1 unspecified atom stereocenters. The molecule has 4 aliphatic carbocycles. The van der Waals surface area contributed by atoms with E-state index in [4.69, 9.17) is 9.97 Å². The minimum absolute atomic E-state index is 0.0206. The first-order chi connectivity index (χ1) is 27.5. The Morgan fingerprint density at radius 3 is 2.18 bits per heavy atom. The van der Waals surface area contributed by atoms with Crippen molar-refractivity contribution in [2.24, 2.45) is 0 Å². The number of nitrogens with zero attached hydrogens (tertiary/aromatic N) is 3. The van der Waals surface area contributed by atoms with Crippen molar-refractivity contribution < 1.29 is 0 Å². The topological polar surface area (TPSA) is 30.7 Å². The van der Waals surface area contributed by atoms with E-state index in [0.717, 1.165) is 59.8 Å². The minimum Gasteiger partial charge on any atom is -0.309 e. The highest BCUT2D eigenvalue weighted by atomic mass is 15.0. The molecule has 5 aromatic carbocycles. The summed E-state index contributed by atoms with van der Waals surface area (Å²) >= 11 is 0. The number of hydrogen-bond acceptors (Lipinski definition) is 2. The van der Waals surface area contributed by atoms with Crippen LogP contribution in [0.5, 0.6) is 0 Å². The van der Waals surface area contributed by atoms with Gasteiger partial charge in [0.1, 0.15) is 5.82 Å². The fourth-order valence-electron chi connectivity index (χ4n) is 9.74. The molecular weight excluding hydrogens is 679 g/mol. The van der Waals surface area contributed by atoms with Gasteiger partial charge in [0, 0.05) is 38.6 Å². The van der Waals surface area contributed by atoms with Crippen LogP contribution in [0.25, 0.3) is 73.2 Å². The van der Waals surface area contributed by atoms with Crippen LogP contribution in [0, 0.1) is 0 Å². The molecule has 0 radical (unpaired) electrons. The average Bonchev–Trinajstić information content (AvgIpc) is 3.70. The van der Waals surface area contributed by atoms with Crippen LogP contribution in [0.1, 0.15) is 74.4 Å². The molecule has 0 saturated carbocycles. The Hall–Kier alpha value is -6.32. The molecule has 2 heterocycles. The quantitative estimate of drug-likeness (QED) is 0.177. The van der Waals surface area contributed by atoms with Crippen LogP contribution in [0.2, 0.25) is 0 Å². The molecule has 2 aromatic heterocycles. The molecule has 4 aliphatic rings. The van der Waals surface area contributed by atoms with Crippen molar-refractivity contribution in [1.29, 1.82) is 0 Å². The second-order valence-electron chi connectivity index (χ2n) is 16.3. The molecule has 56 heavy (non-hydrogen) atoms. The van der Waals surface area contributed by atoms with Crippen LogP contribution in [-0.4, -0.2) is 14.5 Å². The van der Waals surface area contributed by atoms with Crippen molar-refractivity contribution >= 4 is 45.1 Å². The summed E-state index contributed by atoms with van der Waals surface area (Å²) in [5, 5.41) is 4.83. The maximum absolute atomic E-state index is 5.30. The summed E-state index contributed by atoms with van der Waals surface area (Å²) in [6.45, 7) is 4.83. The largest absolute Gasteiger partial charge is 0.309 e. The molecule has 0 fully saturated rings. The molecule has 0 bridgehead atoms. The first-order valence-electron chi connectivity index (χ1n) is 20.2. The van der Waals surface area contributed by atoms with Crippen molar-refractivity contribution in [2.45, 2.75) is 57.3 Å². The number of fused-ring (bicyclic) bond motifs is 6. The lowest BCUT2D eigenvalue weighted by atomic mass is 9.78. The Kier molecular flexibility index (Phi) is 7.60. The van der Waals surface area contributed by atoms with Gasteiger partial charge in [-0.05, 0) is 107 Å². The van der Waals surface area contributed by atoms with E-state index < -0.39 is 0 Å². The van der Waals surface area contributed by atoms with Gasteiger partial charge in [0.25, 0.3) is 0 Å². The summed E-state index contributed by atoms with van der Waals surface area (Å²) in [5.41, 5.74) is 16.7. The molecule has 0 amide bonds. The number of rotatable bonds is 5. The first-order valence-corrected chi connectivity index (χ1v) is 20.2. The van der Waals surface area contributed by atoms with Crippen molar-refractivity contribution in [3.8, 4) is 28.1 Å². The highest BCUT2D eigenvalue weighted by Gasteiger charge is 2.38. The average molecular weight is 722 g/mol. The number of para-hydroxylation sites is 1. The van der Waals surface area contributed by atoms with E-state index in [-0.39, 0.29) is 11.3 Å². The highest BCUT2D eigenvalue weighted by Crippen LogP contribution is 2.52. The summed E-state index contributed by atoms with van der Waals surface area (Å²) < 4.78 is 2.47. The molecule has 0 saturated heterocycles. The summed E-state index contributed by atoms with van der Waals surface area (Å²) in [6, 6.07) is 42.3. The second kappa shape index (κ2) is 12.9.